The van der Waals surface area contributed by atoms with Crippen molar-refractivity contribution in [2.75, 3.05) is 23.7 Å². The van der Waals surface area contributed by atoms with Crippen molar-refractivity contribution in [2.24, 2.45) is 11.8 Å². The predicted octanol–water partition coefficient (Wildman–Crippen LogP) is 8.42. The Bertz CT molecular complexity index is 1610. The van der Waals surface area contributed by atoms with Crippen molar-refractivity contribution in [1.29, 1.82) is 0 Å². The highest BCUT2D eigenvalue weighted by Crippen LogP contribution is 2.29. The minimum Gasteiger partial charge on any atom is -0.339 e. The zero-order chi connectivity index (χ0) is 32.1. The van der Waals surface area contributed by atoms with E-state index in [0.29, 0.717) is 17.7 Å². The number of benzene rings is 3. The van der Waals surface area contributed by atoms with Crippen molar-refractivity contribution in [3.63, 3.8) is 0 Å². The molecular weight excluding hydrogens is 558 g/mol. The van der Waals surface area contributed by atoms with E-state index in [1.54, 1.807) is 4.68 Å². The monoisotopic (exact) mass is 605 g/mol. The molecule has 0 spiro atoms. The van der Waals surface area contributed by atoms with Crippen LogP contribution in [0.1, 0.15) is 80.2 Å². The van der Waals surface area contributed by atoms with Gasteiger partial charge in [0.2, 0.25) is 0 Å². The highest BCUT2D eigenvalue weighted by molar-refractivity contribution is 6.00. The van der Waals surface area contributed by atoms with E-state index < -0.39 is 0 Å². The number of carbonyl (C=O) groups excluding carboxylic acids is 2. The van der Waals surface area contributed by atoms with Crippen LogP contribution in [0.3, 0.4) is 0 Å². The van der Waals surface area contributed by atoms with Gasteiger partial charge in [-0.25, -0.2) is 9.48 Å². The van der Waals surface area contributed by atoms with Gasteiger partial charge in [-0.3, -0.25) is 10.1 Å². The maximum Gasteiger partial charge on any atom is 0.324 e. The Balaban J connectivity index is 1.21. The highest BCUT2D eigenvalue weighted by Gasteiger charge is 2.25. The summed E-state index contributed by atoms with van der Waals surface area (Å²) in [5.74, 6) is 1.76. The molecule has 4 aromatic rings. The minimum absolute atomic E-state index is 0.114. The maximum absolute atomic E-state index is 13.3. The second-order valence-corrected chi connectivity index (χ2v) is 13.9. The molecule has 1 aliphatic heterocycles. The van der Waals surface area contributed by atoms with Gasteiger partial charge in [0, 0.05) is 35.8 Å². The van der Waals surface area contributed by atoms with Crippen LogP contribution in [0.25, 0.3) is 5.69 Å². The molecule has 0 aliphatic carbocycles. The van der Waals surface area contributed by atoms with E-state index >= 15 is 0 Å². The summed E-state index contributed by atoms with van der Waals surface area (Å²) in [5.41, 5.74) is 6.70. The number of amides is 3. The third-order valence-corrected chi connectivity index (χ3v) is 8.52. The number of rotatable bonds is 8. The SMILES string of the molecule is Cc1ccc(-n2nc(C(C)(C)C)cc2NC(=O)Nc2ccccc2CC2CCN(C(=O)c3ccc(CC(C)C)cc3)CC2)cc1. The molecule has 1 saturated heterocycles. The van der Waals surface area contributed by atoms with E-state index in [2.05, 4.69) is 63.5 Å². The minimum atomic E-state index is -0.309. The molecule has 2 heterocycles. The fraction of sp³-hybridized carbons (Fsp3) is 0.395. The van der Waals surface area contributed by atoms with E-state index in [1.807, 2.05) is 72.5 Å². The highest BCUT2D eigenvalue weighted by atomic mass is 16.2. The second kappa shape index (κ2) is 13.7. The van der Waals surface area contributed by atoms with Crippen LogP contribution in [-0.4, -0.2) is 39.7 Å². The van der Waals surface area contributed by atoms with Crippen LogP contribution in [0.2, 0.25) is 0 Å². The number of hydrogen-bond acceptors (Lipinski definition) is 3. The Morgan fingerprint density at radius 3 is 2.22 bits per heavy atom. The van der Waals surface area contributed by atoms with Crippen molar-refractivity contribution in [3.05, 3.63) is 107 Å². The number of likely N-dealkylation sites (tertiary alicyclic amines) is 1. The number of urea groups is 1. The van der Waals surface area contributed by atoms with Crippen LogP contribution < -0.4 is 10.6 Å². The first-order valence-electron chi connectivity index (χ1n) is 16.2. The molecule has 7 heteroatoms. The Kier molecular flexibility index (Phi) is 9.76. The normalized spacial score (nSPS) is 14.1. The van der Waals surface area contributed by atoms with Gasteiger partial charge in [0.15, 0.2) is 0 Å². The van der Waals surface area contributed by atoms with Gasteiger partial charge in [0.1, 0.15) is 5.82 Å². The lowest BCUT2D eigenvalue weighted by Gasteiger charge is -2.32. The first kappa shape index (κ1) is 32.0. The Hall–Kier alpha value is -4.39. The van der Waals surface area contributed by atoms with Gasteiger partial charge in [-0.05, 0) is 85.9 Å². The molecular formula is C38H47N5O2. The van der Waals surface area contributed by atoms with Gasteiger partial charge < -0.3 is 10.2 Å². The largest absolute Gasteiger partial charge is 0.339 e. The van der Waals surface area contributed by atoms with Crippen LogP contribution in [0.4, 0.5) is 16.3 Å². The van der Waals surface area contributed by atoms with Gasteiger partial charge in [0.05, 0.1) is 11.4 Å². The van der Waals surface area contributed by atoms with Crippen LogP contribution in [-0.2, 0) is 18.3 Å². The summed E-state index contributed by atoms with van der Waals surface area (Å²) < 4.78 is 1.79. The molecule has 3 aromatic carbocycles. The molecule has 2 N–H and O–H groups in total. The standard InChI is InChI=1S/C38H47N5O2/c1-26(2)23-28-13-15-30(16-14-28)36(44)42-21-19-29(20-22-42)24-31-9-7-8-10-33(31)39-37(45)40-35-25-34(38(4,5)6)41-43(35)32-17-11-27(3)12-18-32/h7-18,25-26,29H,19-24H2,1-6H3,(H2,39,40,45). The van der Waals surface area contributed by atoms with Crippen LogP contribution in [0.5, 0.6) is 0 Å². The molecule has 7 nitrogen and oxygen atoms in total. The Morgan fingerprint density at radius 1 is 0.911 bits per heavy atom. The Labute approximate surface area is 268 Å². The number of hydrogen-bond donors (Lipinski definition) is 2. The van der Waals surface area contributed by atoms with E-state index in [-0.39, 0.29) is 17.4 Å². The summed E-state index contributed by atoms with van der Waals surface area (Å²) in [7, 11) is 0. The summed E-state index contributed by atoms with van der Waals surface area (Å²) in [6, 6.07) is 25.8. The molecule has 3 amide bonds. The lowest BCUT2D eigenvalue weighted by molar-refractivity contribution is 0.0690. The van der Waals surface area contributed by atoms with Gasteiger partial charge in [-0.2, -0.15) is 5.10 Å². The Morgan fingerprint density at radius 2 is 1.58 bits per heavy atom. The third kappa shape index (κ3) is 8.21. The molecule has 45 heavy (non-hydrogen) atoms. The molecule has 1 aromatic heterocycles. The number of aryl methyl sites for hydroxylation is 1. The summed E-state index contributed by atoms with van der Waals surface area (Å²) in [4.78, 5) is 28.5. The zero-order valence-electron chi connectivity index (χ0n) is 27.6. The second-order valence-electron chi connectivity index (χ2n) is 13.9. The summed E-state index contributed by atoms with van der Waals surface area (Å²) >= 11 is 0. The number of para-hydroxylation sites is 1. The van der Waals surface area contributed by atoms with Gasteiger partial charge >= 0.3 is 6.03 Å². The van der Waals surface area contributed by atoms with E-state index in [4.69, 9.17) is 5.10 Å². The summed E-state index contributed by atoms with van der Waals surface area (Å²) in [5, 5.41) is 11.0. The van der Waals surface area contributed by atoms with Crippen molar-refractivity contribution in [1.82, 2.24) is 14.7 Å². The molecule has 1 fully saturated rings. The molecule has 0 radical (unpaired) electrons. The van der Waals surface area contributed by atoms with Crippen LogP contribution >= 0.6 is 0 Å². The molecule has 0 atom stereocenters. The van der Waals surface area contributed by atoms with Crippen molar-refractivity contribution in [3.8, 4) is 5.69 Å². The summed E-state index contributed by atoms with van der Waals surface area (Å²) in [6.07, 6.45) is 3.73. The number of nitrogens with zero attached hydrogens (tertiary/aromatic N) is 3. The zero-order valence-corrected chi connectivity index (χ0v) is 27.6. The quantitative estimate of drug-likeness (QED) is 0.212. The van der Waals surface area contributed by atoms with Crippen molar-refractivity contribution >= 4 is 23.4 Å². The number of nitrogens with one attached hydrogen (secondary N) is 2. The van der Waals surface area contributed by atoms with Gasteiger partial charge in [-0.1, -0.05) is 82.6 Å². The number of aromatic nitrogens is 2. The first-order valence-corrected chi connectivity index (χ1v) is 16.2. The first-order chi connectivity index (χ1) is 21.5. The van der Waals surface area contributed by atoms with Crippen molar-refractivity contribution < 1.29 is 9.59 Å². The summed E-state index contributed by atoms with van der Waals surface area (Å²) in [6.45, 7) is 14.3. The van der Waals surface area contributed by atoms with Gasteiger partial charge in [-0.15, -0.1) is 0 Å². The van der Waals surface area contributed by atoms with Crippen LogP contribution in [0, 0.1) is 18.8 Å². The van der Waals surface area contributed by atoms with E-state index in [9.17, 15) is 9.59 Å². The molecule has 0 unspecified atom stereocenters. The van der Waals surface area contributed by atoms with Crippen LogP contribution in [0.15, 0.2) is 78.9 Å². The molecule has 1 aliphatic rings. The van der Waals surface area contributed by atoms with E-state index in [0.717, 1.165) is 72.5 Å². The lowest BCUT2D eigenvalue weighted by atomic mass is 9.89. The predicted molar refractivity (Wildman–Crippen MR) is 183 cm³/mol. The molecule has 5 rings (SSSR count). The average Bonchev–Trinajstić information content (AvgIpc) is 3.43. The molecule has 0 saturated carbocycles. The topological polar surface area (TPSA) is 79.3 Å². The maximum atomic E-state index is 13.3. The fourth-order valence-corrected chi connectivity index (χ4v) is 5.90. The van der Waals surface area contributed by atoms with Crippen molar-refractivity contribution in [2.45, 2.75) is 72.6 Å². The fourth-order valence-electron chi connectivity index (χ4n) is 5.90. The van der Waals surface area contributed by atoms with Gasteiger partial charge in [0.25, 0.3) is 5.91 Å². The number of piperidine rings is 1. The number of carbonyl (C=O) groups is 2. The average molecular weight is 606 g/mol. The third-order valence-electron chi connectivity index (χ3n) is 8.52. The lowest BCUT2D eigenvalue weighted by Crippen LogP contribution is -2.39. The smallest absolute Gasteiger partial charge is 0.324 e. The van der Waals surface area contributed by atoms with E-state index in [1.165, 1.54) is 5.56 Å². The molecule has 0 bridgehead atoms. The number of anilines is 2. The molecule has 236 valence electrons.